The third kappa shape index (κ3) is 6.86. The van der Waals surface area contributed by atoms with E-state index in [4.69, 9.17) is 0 Å². The first kappa shape index (κ1) is 22.3. The van der Waals surface area contributed by atoms with Crippen LogP contribution in [-0.4, -0.2) is 25.6 Å². The molecule has 0 radical (unpaired) electrons. The molecule has 1 aromatic carbocycles. The summed E-state index contributed by atoms with van der Waals surface area (Å²) in [4.78, 5) is 15.3. The molecule has 2 rings (SSSR count). The molecule has 0 unspecified atom stereocenters. The Bertz CT molecular complexity index is 1050. The number of carbonyl (C=O) groups excluding carboxylic acids is 1. The normalized spacial score (nSPS) is 12.2. The van der Waals surface area contributed by atoms with Crippen LogP contribution in [-0.2, 0) is 27.5 Å². The SMILES string of the molecule is Cc1nc(C(F)(F)F)ccc1/C=C\C(=O)NCc1ccc(NS(C)(=O)=O)c(F)c1. The topological polar surface area (TPSA) is 88.2 Å². The molecule has 0 spiro atoms. The van der Waals surface area contributed by atoms with Crippen molar-refractivity contribution >= 4 is 27.7 Å². The molecular weight excluding hydrogens is 414 g/mol. The maximum absolute atomic E-state index is 13.9. The van der Waals surface area contributed by atoms with Crippen LogP contribution in [0.2, 0.25) is 0 Å². The molecular formula is C18H17F4N3O3S. The van der Waals surface area contributed by atoms with Crippen molar-refractivity contribution in [1.82, 2.24) is 10.3 Å². The van der Waals surface area contributed by atoms with E-state index in [-0.39, 0.29) is 17.9 Å². The standard InChI is InChI=1S/C18H17F4N3O3S/c1-11-13(4-7-16(24-11)18(20,21)22)5-8-17(26)23-10-12-3-6-15(14(19)9-12)25-29(2,27)28/h3-9,25H,10H2,1-2H3,(H,23,26)/b8-5-. The van der Waals surface area contributed by atoms with Crippen LogP contribution < -0.4 is 10.0 Å². The monoisotopic (exact) mass is 431 g/mol. The van der Waals surface area contributed by atoms with E-state index >= 15 is 0 Å². The number of hydrogen-bond acceptors (Lipinski definition) is 4. The summed E-state index contributed by atoms with van der Waals surface area (Å²) in [6.45, 7) is 1.35. The van der Waals surface area contributed by atoms with E-state index in [9.17, 15) is 30.8 Å². The summed E-state index contributed by atoms with van der Waals surface area (Å²) in [6, 6.07) is 5.76. The number of nitrogens with one attached hydrogen (secondary N) is 2. The van der Waals surface area contributed by atoms with Crippen LogP contribution in [0.3, 0.4) is 0 Å². The van der Waals surface area contributed by atoms with E-state index in [0.717, 1.165) is 24.5 Å². The van der Waals surface area contributed by atoms with Crippen LogP contribution >= 0.6 is 0 Å². The highest BCUT2D eigenvalue weighted by atomic mass is 32.2. The maximum Gasteiger partial charge on any atom is 0.433 e. The number of alkyl halides is 3. The van der Waals surface area contributed by atoms with Crippen molar-refractivity contribution < 1.29 is 30.8 Å². The molecule has 11 heteroatoms. The summed E-state index contributed by atoms with van der Waals surface area (Å²) in [5, 5.41) is 2.49. The summed E-state index contributed by atoms with van der Waals surface area (Å²) in [5.74, 6) is -1.35. The van der Waals surface area contributed by atoms with Gasteiger partial charge in [0.05, 0.1) is 11.9 Å². The van der Waals surface area contributed by atoms with Gasteiger partial charge in [-0.25, -0.2) is 17.8 Å². The van der Waals surface area contributed by atoms with E-state index in [2.05, 4.69) is 10.3 Å². The van der Waals surface area contributed by atoms with Crippen LogP contribution in [0.4, 0.5) is 23.2 Å². The largest absolute Gasteiger partial charge is 0.433 e. The van der Waals surface area contributed by atoms with Crippen LogP contribution in [0.15, 0.2) is 36.4 Å². The molecule has 0 aliphatic heterocycles. The molecule has 0 aliphatic carbocycles. The fourth-order valence-electron chi connectivity index (χ4n) is 2.27. The average Bonchev–Trinajstić information content (AvgIpc) is 2.59. The molecule has 2 N–H and O–H groups in total. The molecule has 0 bridgehead atoms. The lowest BCUT2D eigenvalue weighted by molar-refractivity contribution is -0.141. The van der Waals surface area contributed by atoms with Crippen LogP contribution in [0.1, 0.15) is 22.5 Å². The smallest absolute Gasteiger partial charge is 0.348 e. The summed E-state index contributed by atoms with van der Waals surface area (Å²) in [7, 11) is -3.62. The van der Waals surface area contributed by atoms with Crippen LogP contribution in [0, 0.1) is 12.7 Å². The Balaban J connectivity index is 1.99. The number of benzene rings is 1. The number of sulfonamides is 1. The number of amides is 1. The quantitative estimate of drug-likeness (QED) is 0.543. The van der Waals surface area contributed by atoms with Crippen LogP contribution in [0.5, 0.6) is 0 Å². The van der Waals surface area contributed by atoms with E-state index < -0.39 is 33.6 Å². The number of aromatic nitrogens is 1. The second-order valence-electron chi connectivity index (χ2n) is 6.11. The molecule has 0 fully saturated rings. The van der Waals surface area contributed by atoms with E-state index in [1.165, 1.54) is 31.2 Å². The molecule has 0 aliphatic rings. The van der Waals surface area contributed by atoms with Gasteiger partial charge in [-0.2, -0.15) is 13.2 Å². The molecule has 1 aromatic heterocycles. The van der Waals surface area contributed by atoms with Gasteiger partial charge in [0, 0.05) is 18.3 Å². The van der Waals surface area contributed by atoms with Crippen molar-refractivity contribution in [2.75, 3.05) is 11.0 Å². The Hall–Kier alpha value is -2.95. The minimum atomic E-state index is -4.55. The number of rotatable bonds is 6. The molecule has 2 aromatic rings. The highest BCUT2D eigenvalue weighted by Gasteiger charge is 2.32. The summed E-state index contributed by atoms with van der Waals surface area (Å²) < 4.78 is 76.0. The van der Waals surface area contributed by atoms with Crippen molar-refractivity contribution in [3.8, 4) is 0 Å². The lowest BCUT2D eigenvalue weighted by Crippen LogP contribution is -2.20. The zero-order valence-electron chi connectivity index (χ0n) is 15.3. The summed E-state index contributed by atoms with van der Waals surface area (Å²) in [6.07, 6.45) is -1.22. The number of halogens is 4. The highest BCUT2D eigenvalue weighted by Crippen LogP contribution is 2.28. The molecule has 0 saturated carbocycles. The molecule has 0 atom stereocenters. The fraction of sp³-hybridized carbons (Fsp3) is 0.222. The number of pyridine rings is 1. The van der Waals surface area contributed by atoms with Gasteiger partial charge < -0.3 is 5.32 Å². The van der Waals surface area contributed by atoms with Crippen molar-refractivity contribution in [3.63, 3.8) is 0 Å². The van der Waals surface area contributed by atoms with Gasteiger partial charge in [0.15, 0.2) is 0 Å². The van der Waals surface area contributed by atoms with E-state index in [0.29, 0.717) is 11.1 Å². The predicted octanol–water partition coefficient (Wildman–Crippen LogP) is 3.25. The second-order valence-corrected chi connectivity index (χ2v) is 7.86. The third-order valence-corrected chi connectivity index (χ3v) is 4.22. The first-order chi connectivity index (χ1) is 13.3. The molecule has 1 heterocycles. The summed E-state index contributed by atoms with van der Waals surface area (Å²) >= 11 is 0. The van der Waals surface area contributed by atoms with Crippen LogP contribution in [0.25, 0.3) is 6.08 Å². The van der Waals surface area contributed by atoms with Gasteiger partial charge in [0.25, 0.3) is 0 Å². The molecule has 29 heavy (non-hydrogen) atoms. The van der Waals surface area contributed by atoms with Gasteiger partial charge in [0.2, 0.25) is 15.9 Å². The molecule has 0 saturated heterocycles. The first-order valence-corrected chi connectivity index (χ1v) is 10.0. The number of nitrogens with zero attached hydrogens (tertiary/aromatic N) is 1. The second kappa shape index (κ2) is 8.60. The minimum absolute atomic E-state index is 0.0382. The molecule has 156 valence electrons. The fourth-order valence-corrected chi connectivity index (χ4v) is 2.84. The van der Waals surface area contributed by atoms with Crippen molar-refractivity contribution in [3.05, 3.63) is 64.7 Å². The van der Waals surface area contributed by atoms with Gasteiger partial charge >= 0.3 is 6.18 Å². The van der Waals surface area contributed by atoms with Gasteiger partial charge in [-0.3, -0.25) is 9.52 Å². The average molecular weight is 431 g/mol. The van der Waals surface area contributed by atoms with Gasteiger partial charge in [-0.1, -0.05) is 12.1 Å². The summed E-state index contributed by atoms with van der Waals surface area (Å²) in [5.41, 5.74) is -0.397. The maximum atomic E-state index is 13.9. The Kier molecular flexibility index (Phi) is 6.62. The lowest BCUT2D eigenvalue weighted by atomic mass is 10.1. The Morgan fingerprint density at radius 3 is 2.45 bits per heavy atom. The molecule has 6 nitrogen and oxygen atoms in total. The Morgan fingerprint density at radius 1 is 1.21 bits per heavy atom. The third-order valence-electron chi connectivity index (χ3n) is 3.63. The van der Waals surface area contributed by atoms with Crippen molar-refractivity contribution in [1.29, 1.82) is 0 Å². The zero-order valence-corrected chi connectivity index (χ0v) is 16.2. The number of aryl methyl sites for hydroxylation is 1. The first-order valence-electron chi connectivity index (χ1n) is 8.12. The highest BCUT2D eigenvalue weighted by molar-refractivity contribution is 7.92. The minimum Gasteiger partial charge on any atom is -0.348 e. The Labute approximate surface area is 164 Å². The van der Waals surface area contributed by atoms with Gasteiger partial charge in [0.1, 0.15) is 11.5 Å². The van der Waals surface area contributed by atoms with E-state index in [1.807, 2.05) is 4.72 Å². The predicted molar refractivity (Wildman–Crippen MR) is 99.7 cm³/mol. The van der Waals surface area contributed by atoms with Gasteiger partial charge in [-0.05, 0) is 42.3 Å². The Morgan fingerprint density at radius 2 is 1.90 bits per heavy atom. The van der Waals surface area contributed by atoms with E-state index in [1.54, 1.807) is 0 Å². The lowest BCUT2D eigenvalue weighted by Gasteiger charge is -2.08. The number of anilines is 1. The number of carbonyl (C=O) groups is 1. The van der Waals surface area contributed by atoms with Crippen molar-refractivity contribution in [2.24, 2.45) is 0 Å². The van der Waals surface area contributed by atoms with Gasteiger partial charge in [-0.15, -0.1) is 0 Å². The zero-order chi connectivity index (χ0) is 21.8. The molecule has 1 amide bonds. The van der Waals surface area contributed by atoms with Crippen molar-refractivity contribution in [2.45, 2.75) is 19.6 Å². The number of hydrogen-bond donors (Lipinski definition) is 2.